The second-order valence-corrected chi connectivity index (χ2v) is 8.42. The summed E-state index contributed by atoms with van der Waals surface area (Å²) in [7, 11) is 7.01. The van der Waals surface area contributed by atoms with Gasteiger partial charge in [-0.2, -0.15) is 0 Å². The number of oxime groups is 1. The number of benzene rings is 3. The molecular weight excluding hydrogens is 444 g/mol. The van der Waals surface area contributed by atoms with Crippen molar-refractivity contribution in [3.05, 3.63) is 89.5 Å². The van der Waals surface area contributed by atoms with Crippen molar-refractivity contribution in [3.63, 3.8) is 0 Å². The molecule has 1 heterocycles. The minimum atomic E-state index is -0.499. The van der Waals surface area contributed by atoms with Crippen molar-refractivity contribution in [1.82, 2.24) is 4.90 Å². The molecule has 0 N–H and O–H groups in total. The fourth-order valence-electron chi connectivity index (χ4n) is 4.35. The van der Waals surface area contributed by atoms with Crippen molar-refractivity contribution >= 4 is 11.7 Å². The molecule has 1 saturated heterocycles. The summed E-state index contributed by atoms with van der Waals surface area (Å²) >= 11 is 0. The van der Waals surface area contributed by atoms with Gasteiger partial charge in [0.25, 0.3) is 0 Å². The molecule has 0 amide bonds. The molecule has 0 spiro atoms. The van der Waals surface area contributed by atoms with Gasteiger partial charge in [-0.05, 0) is 66.7 Å². The van der Waals surface area contributed by atoms with Crippen molar-refractivity contribution in [1.29, 1.82) is 0 Å². The van der Waals surface area contributed by atoms with Crippen molar-refractivity contribution in [3.8, 4) is 17.2 Å². The third kappa shape index (κ3) is 5.63. The summed E-state index contributed by atoms with van der Waals surface area (Å²) < 4.78 is 15.8. The third-order valence-electron chi connectivity index (χ3n) is 6.43. The first-order valence-electron chi connectivity index (χ1n) is 11.4. The number of rotatable bonds is 7. The highest BCUT2D eigenvalue weighted by Gasteiger charge is 2.33. The van der Waals surface area contributed by atoms with Crippen LogP contribution in [0.2, 0.25) is 0 Å². The molecule has 0 aromatic heterocycles. The lowest BCUT2D eigenvalue weighted by molar-refractivity contribution is 0.0507. The lowest BCUT2D eigenvalue weighted by atomic mass is 9.87. The molecule has 3 aromatic carbocycles. The highest BCUT2D eigenvalue weighted by molar-refractivity contribution is 5.91. The molecule has 182 valence electrons. The van der Waals surface area contributed by atoms with E-state index < -0.39 is 5.97 Å². The minimum absolute atomic E-state index is 0.0557. The van der Waals surface area contributed by atoms with E-state index in [1.165, 1.54) is 0 Å². The van der Waals surface area contributed by atoms with Crippen LogP contribution in [0.25, 0.3) is 0 Å². The number of methoxy groups -OCH3 is 3. The van der Waals surface area contributed by atoms with E-state index in [0.29, 0.717) is 24.2 Å². The Bertz CT molecular complexity index is 1100. The molecule has 1 fully saturated rings. The van der Waals surface area contributed by atoms with Crippen LogP contribution in [0.15, 0.2) is 78.0 Å². The molecule has 3 aromatic rings. The average Bonchev–Trinajstić information content (AvgIpc) is 2.92. The summed E-state index contributed by atoms with van der Waals surface area (Å²) in [5.74, 6) is 1.79. The van der Waals surface area contributed by atoms with Crippen molar-refractivity contribution in [2.75, 3.05) is 28.4 Å². The monoisotopic (exact) mass is 474 g/mol. The number of nitrogens with zero attached hydrogens (tertiary/aromatic N) is 2. The first-order valence-corrected chi connectivity index (χ1v) is 11.4. The van der Waals surface area contributed by atoms with Crippen molar-refractivity contribution in [2.24, 2.45) is 5.16 Å². The quantitative estimate of drug-likeness (QED) is 0.336. The zero-order chi connectivity index (χ0) is 24.8. The Morgan fingerprint density at radius 3 is 1.51 bits per heavy atom. The second kappa shape index (κ2) is 11.1. The Hall–Kier alpha value is -3.84. The fraction of sp³-hybridized carbons (Fsp3) is 0.286. The molecule has 0 saturated carbocycles. The number of hydrogen-bond donors (Lipinski definition) is 0. The lowest BCUT2D eigenvalue weighted by Gasteiger charge is -2.40. The van der Waals surface area contributed by atoms with Crippen LogP contribution < -0.4 is 14.2 Å². The van der Waals surface area contributed by atoms with Gasteiger partial charge in [-0.3, -0.25) is 4.90 Å². The smallest absolute Gasteiger partial charge is 0.365 e. The molecular formula is C28H30N2O5. The van der Waals surface area contributed by atoms with Gasteiger partial charge >= 0.3 is 5.97 Å². The summed E-state index contributed by atoms with van der Waals surface area (Å²) in [5, 5.41) is 4.32. The van der Waals surface area contributed by atoms with E-state index in [1.807, 2.05) is 24.3 Å². The topological polar surface area (TPSA) is 69.6 Å². The van der Waals surface area contributed by atoms with Gasteiger partial charge in [-0.25, -0.2) is 4.79 Å². The minimum Gasteiger partial charge on any atom is -0.497 e. The van der Waals surface area contributed by atoms with Gasteiger partial charge in [-0.15, -0.1) is 0 Å². The van der Waals surface area contributed by atoms with Gasteiger partial charge in [0.05, 0.1) is 32.6 Å². The summed E-state index contributed by atoms with van der Waals surface area (Å²) in [6.45, 7) is 0. The summed E-state index contributed by atoms with van der Waals surface area (Å²) in [5.41, 5.74) is 3.52. The van der Waals surface area contributed by atoms with E-state index in [0.717, 1.165) is 28.3 Å². The van der Waals surface area contributed by atoms with Crippen LogP contribution in [-0.2, 0) is 4.84 Å². The van der Waals surface area contributed by atoms with Gasteiger partial charge in [-0.1, -0.05) is 29.4 Å². The summed E-state index contributed by atoms with van der Waals surface area (Å²) in [6.07, 6.45) is 1.29. The average molecular weight is 475 g/mol. The number of likely N-dealkylation sites (tertiary alicyclic amines) is 1. The molecule has 4 rings (SSSR count). The first kappa shape index (κ1) is 24.3. The van der Waals surface area contributed by atoms with Gasteiger partial charge in [0.15, 0.2) is 0 Å². The van der Waals surface area contributed by atoms with E-state index in [2.05, 4.69) is 41.4 Å². The zero-order valence-electron chi connectivity index (χ0n) is 20.4. The highest BCUT2D eigenvalue weighted by Crippen LogP contribution is 2.40. The number of carbonyl (C=O) groups is 1. The molecule has 7 heteroatoms. The van der Waals surface area contributed by atoms with Crippen molar-refractivity contribution in [2.45, 2.75) is 24.9 Å². The normalized spacial score (nSPS) is 18.0. The van der Waals surface area contributed by atoms with Crippen LogP contribution in [0.3, 0.4) is 0 Å². The van der Waals surface area contributed by atoms with Crippen LogP contribution in [0.5, 0.6) is 17.2 Å². The molecule has 0 aliphatic carbocycles. The Balaban J connectivity index is 1.60. The van der Waals surface area contributed by atoms with Gasteiger partial charge in [0.1, 0.15) is 17.2 Å². The Morgan fingerprint density at radius 2 is 1.11 bits per heavy atom. The second-order valence-electron chi connectivity index (χ2n) is 8.42. The fourth-order valence-corrected chi connectivity index (χ4v) is 4.35. The molecule has 2 unspecified atom stereocenters. The van der Waals surface area contributed by atoms with E-state index >= 15 is 0 Å². The largest absolute Gasteiger partial charge is 0.497 e. The number of piperidine rings is 1. The molecule has 35 heavy (non-hydrogen) atoms. The SMILES string of the molecule is COc1ccc(C(=O)ON=C2CC(c3ccc(OC)cc3)N(C)C(c3ccc(OC)cc3)C2)cc1. The van der Waals surface area contributed by atoms with Gasteiger partial charge in [0, 0.05) is 24.9 Å². The Labute approximate surface area is 205 Å². The Kier molecular flexibility index (Phi) is 7.67. The molecule has 7 nitrogen and oxygen atoms in total. The summed E-state index contributed by atoms with van der Waals surface area (Å²) in [4.78, 5) is 20.3. The maximum Gasteiger partial charge on any atom is 0.365 e. The van der Waals surface area contributed by atoms with Crippen molar-refractivity contribution < 1.29 is 23.8 Å². The number of ether oxygens (including phenoxy) is 3. The van der Waals surface area contributed by atoms with Crippen LogP contribution in [0.1, 0.15) is 46.4 Å². The molecule has 0 bridgehead atoms. The van der Waals surface area contributed by atoms with Gasteiger partial charge in [0.2, 0.25) is 0 Å². The molecule has 1 aliphatic heterocycles. The standard InChI is InChI=1S/C28H30N2O5/c1-30-26(19-5-11-23(32-2)12-6-19)17-22(18-27(30)20-7-13-24(33-3)14-8-20)29-35-28(31)21-9-15-25(34-4)16-10-21/h5-16,26-27H,17-18H2,1-4H3. The van der Waals surface area contributed by atoms with E-state index in [-0.39, 0.29) is 12.1 Å². The lowest BCUT2D eigenvalue weighted by Crippen LogP contribution is -2.37. The Morgan fingerprint density at radius 1 is 0.714 bits per heavy atom. The van der Waals surface area contributed by atoms with Crippen LogP contribution in [0, 0.1) is 0 Å². The first-order chi connectivity index (χ1) is 17.0. The summed E-state index contributed by atoms with van der Waals surface area (Å²) in [6, 6.07) is 23.0. The number of carbonyl (C=O) groups excluding carboxylic acids is 1. The van der Waals surface area contributed by atoms with E-state index in [4.69, 9.17) is 19.0 Å². The maximum absolute atomic E-state index is 12.6. The predicted molar refractivity (Wildman–Crippen MR) is 134 cm³/mol. The molecule has 2 atom stereocenters. The van der Waals surface area contributed by atoms with E-state index in [1.54, 1.807) is 45.6 Å². The number of hydrogen-bond acceptors (Lipinski definition) is 7. The molecule has 0 radical (unpaired) electrons. The van der Waals surface area contributed by atoms with Crippen LogP contribution >= 0.6 is 0 Å². The maximum atomic E-state index is 12.6. The highest BCUT2D eigenvalue weighted by atomic mass is 16.7. The molecule has 1 aliphatic rings. The predicted octanol–water partition coefficient (Wildman–Crippen LogP) is 5.43. The zero-order valence-corrected chi connectivity index (χ0v) is 20.4. The van der Waals surface area contributed by atoms with Crippen LogP contribution in [-0.4, -0.2) is 45.0 Å². The van der Waals surface area contributed by atoms with Gasteiger partial charge < -0.3 is 19.0 Å². The van der Waals surface area contributed by atoms with E-state index in [9.17, 15) is 4.79 Å². The third-order valence-corrected chi connectivity index (χ3v) is 6.43. The van der Waals surface area contributed by atoms with Crippen LogP contribution in [0.4, 0.5) is 0 Å².